The molecule has 0 spiro atoms. The van der Waals surface area contributed by atoms with Crippen molar-refractivity contribution in [3.05, 3.63) is 18.1 Å². The average Bonchev–Trinajstić information content (AvgIpc) is 2.31. The van der Waals surface area contributed by atoms with Crippen LogP contribution >= 0.6 is 0 Å². The van der Waals surface area contributed by atoms with Crippen LogP contribution in [-0.2, 0) is 0 Å². The monoisotopic (exact) mass is 221 g/mol. The predicted molar refractivity (Wildman–Crippen MR) is 59.5 cm³/mol. The van der Waals surface area contributed by atoms with Gasteiger partial charge in [-0.1, -0.05) is 19.3 Å². The molecule has 1 aliphatic carbocycles. The second-order valence-electron chi connectivity index (χ2n) is 4.07. The fourth-order valence-electron chi connectivity index (χ4n) is 1.97. The molecule has 2 N–H and O–H groups in total. The summed E-state index contributed by atoms with van der Waals surface area (Å²) in [6.45, 7) is 0. The van der Waals surface area contributed by atoms with Crippen LogP contribution in [0, 0.1) is 0 Å². The third-order valence-corrected chi connectivity index (χ3v) is 2.83. The Balaban J connectivity index is 1.96. The minimum Gasteiger partial charge on any atom is -0.476 e. The predicted octanol–water partition coefficient (Wildman–Crippen LogP) is 1.92. The second kappa shape index (κ2) is 4.92. The molecule has 1 aliphatic rings. The van der Waals surface area contributed by atoms with Gasteiger partial charge in [0.15, 0.2) is 5.69 Å². The van der Waals surface area contributed by atoms with Crippen molar-refractivity contribution in [1.29, 1.82) is 0 Å². The number of anilines is 1. The highest BCUT2D eigenvalue weighted by Gasteiger charge is 2.13. The average molecular weight is 221 g/mol. The number of aromatic carboxylic acids is 1. The number of carbonyl (C=O) groups is 1. The molecule has 0 aliphatic heterocycles. The van der Waals surface area contributed by atoms with Crippen molar-refractivity contribution >= 4 is 11.8 Å². The van der Waals surface area contributed by atoms with E-state index in [1.165, 1.54) is 31.7 Å². The maximum atomic E-state index is 10.6. The van der Waals surface area contributed by atoms with E-state index in [2.05, 4.69) is 15.3 Å². The van der Waals surface area contributed by atoms with Gasteiger partial charge in [0.05, 0.1) is 12.4 Å². The van der Waals surface area contributed by atoms with E-state index in [0.717, 1.165) is 12.8 Å². The molecule has 2 rings (SSSR count). The van der Waals surface area contributed by atoms with Gasteiger partial charge in [0.1, 0.15) is 5.82 Å². The minimum atomic E-state index is -1.04. The van der Waals surface area contributed by atoms with Crippen LogP contribution in [0.2, 0.25) is 0 Å². The normalized spacial score (nSPS) is 17.0. The van der Waals surface area contributed by atoms with Crippen LogP contribution in [0.1, 0.15) is 42.6 Å². The third kappa shape index (κ3) is 2.68. The van der Waals surface area contributed by atoms with Gasteiger partial charge in [0.2, 0.25) is 0 Å². The summed E-state index contributed by atoms with van der Waals surface area (Å²) in [7, 11) is 0. The van der Waals surface area contributed by atoms with Crippen molar-refractivity contribution in [3.63, 3.8) is 0 Å². The molecule has 16 heavy (non-hydrogen) atoms. The van der Waals surface area contributed by atoms with Gasteiger partial charge < -0.3 is 10.4 Å². The molecule has 0 bridgehead atoms. The Kier molecular flexibility index (Phi) is 3.34. The molecule has 1 fully saturated rings. The molecule has 0 aromatic carbocycles. The quantitative estimate of drug-likeness (QED) is 0.815. The fraction of sp³-hybridized carbons (Fsp3) is 0.545. The summed E-state index contributed by atoms with van der Waals surface area (Å²) < 4.78 is 0. The Bertz CT molecular complexity index is 358. The first-order chi connectivity index (χ1) is 7.75. The molecule has 0 atom stereocenters. The van der Waals surface area contributed by atoms with E-state index < -0.39 is 5.97 Å². The summed E-state index contributed by atoms with van der Waals surface area (Å²) in [5.74, 6) is -0.381. The lowest BCUT2D eigenvalue weighted by atomic mass is 9.96. The standard InChI is InChI=1S/C11H15N3O2/c15-11(16)9-6-13-10(7-12-9)14-8-4-2-1-3-5-8/h6-8H,1-5H2,(H,13,14)(H,15,16). The summed E-state index contributed by atoms with van der Waals surface area (Å²) in [5.41, 5.74) is -0.0193. The van der Waals surface area contributed by atoms with Gasteiger partial charge >= 0.3 is 5.97 Å². The summed E-state index contributed by atoms with van der Waals surface area (Å²) in [6.07, 6.45) is 8.88. The van der Waals surface area contributed by atoms with E-state index in [0.29, 0.717) is 11.9 Å². The van der Waals surface area contributed by atoms with E-state index >= 15 is 0 Å². The van der Waals surface area contributed by atoms with Crippen LogP contribution in [0.25, 0.3) is 0 Å². The molecule has 86 valence electrons. The molecule has 0 radical (unpaired) electrons. The second-order valence-corrected chi connectivity index (χ2v) is 4.07. The van der Waals surface area contributed by atoms with Crippen LogP contribution in [0.5, 0.6) is 0 Å². The molecule has 0 unspecified atom stereocenters. The van der Waals surface area contributed by atoms with Crippen molar-refractivity contribution in [2.75, 3.05) is 5.32 Å². The molecule has 1 aromatic heterocycles. The lowest BCUT2D eigenvalue weighted by Crippen LogP contribution is -2.23. The molecular formula is C11H15N3O2. The van der Waals surface area contributed by atoms with Crippen LogP contribution in [0.3, 0.4) is 0 Å². The van der Waals surface area contributed by atoms with Crippen LogP contribution < -0.4 is 5.32 Å². The molecule has 0 amide bonds. The molecule has 0 saturated heterocycles. The minimum absolute atomic E-state index is 0.0193. The number of nitrogens with one attached hydrogen (secondary N) is 1. The molecule has 1 heterocycles. The van der Waals surface area contributed by atoms with Gasteiger partial charge in [-0.3, -0.25) is 0 Å². The first kappa shape index (κ1) is 10.9. The highest BCUT2D eigenvalue weighted by Crippen LogP contribution is 2.20. The number of carboxylic acid groups (broad SMARTS) is 1. The highest BCUT2D eigenvalue weighted by molar-refractivity contribution is 5.84. The summed E-state index contributed by atoms with van der Waals surface area (Å²) >= 11 is 0. The lowest BCUT2D eigenvalue weighted by Gasteiger charge is -2.22. The summed E-state index contributed by atoms with van der Waals surface area (Å²) in [6, 6.07) is 0.457. The summed E-state index contributed by atoms with van der Waals surface area (Å²) in [4.78, 5) is 18.4. The van der Waals surface area contributed by atoms with Gasteiger partial charge in [0, 0.05) is 6.04 Å². The van der Waals surface area contributed by atoms with Crippen LogP contribution in [0.15, 0.2) is 12.4 Å². The zero-order chi connectivity index (χ0) is 11.4. The SMILES string of the molecule is O=C(O)c1cnc(NC2CCCCC2)cn1. The largest absolute Gasteiger partial charge is 0.476 e. The van der Waals surface area contributed by atoms with Gasteiger partial charge in [-0.05, 0) is 12.8 Å². The Morgan fingerprint density at radius 2 is 2.00 bits per heavy atom. The number of carboxylic acids is 1. The Labute approximate surface area is 93.9 Å². The Morgan fingerprint density at radius 3 is 2.56 bits per heavy atom. The number of rotatable bonds is 3. The molecule has 1 saturated carbocycles. The van der Waals surface area contributed by atoms with E-state index in [9.17, 15) is 4.79 Å². The topological polar surface area (TPSA) is 75.1 Å². The molecule has 5 nitrogen and oxygen atoms in total. The Morgan fingerprint density at radius 1 is 1.25 bits per heavy atom. The fourth-order valence-corrected chi connectivity index (χ4v) is 1.97. The number of hydrogen-bond donors (Lipinski definition) is 2. The zero-order valence-corrected chi connectivity index (χ0v) is 9.02. The zero-order valence-electron chi connectivity index (χ0n) is 9.02. The maximum absolute atomic E-state index is 10.6. The Hall–Kier alpha value is -1.65. The first-order valence-corrected chi connectivity index (χ1v) is 5.57. The molecule has 1 aromatic rings. The van der Waals surface area contributed by atoms with Crippen molar-refractivity contribution < 1.29 is 9.90 Å². The number of nitrogens with zero attached hydrogens (tertiary/aromatic N) is 2. The van der Waals surface area contributed by atoms with E-state index in [1.54, 1.807) is 0 Å². The number of aromatic nitrogens is 2. The summed E-state index contributed by atoms with van der Waals surface area (Å²) in [5, 5.41) is 12.0. The first-order valence-electron chi connectivity index (χ1n) is 5.57. The van der Waals surface area contributed by atoms with Gasteiger partial charge in [-0.2, -0.15) is 0 Å². The van der Waals surface area contributed by atoms with Crippen molar-refractivity contribution in [2.24, 2.45) is 0 Å². The van der Waals surface area contributed by atoms with Crippen LogP contribution in [0.4, 0.5) is 5.82 Å². The smallest absolute Gasteiger partial charge is 0.356 e. The van der Waals surface area contributed by atoms with E-state index in [-0.39, 0.29) is 5.69 Å². The number of hydrogen-bond acceptors (Lipinski definition) is 4. The van der Waals surface area contributed by atoms with Crippen molar-refractivity contribution in [2.45, 2.75) is 38.1 Å². The van der Waals surface area contributed by atoms with E-state index in [1.807, 2.05) is 0 Å². The van der Waals surface area contributed by atoms with Gasteiger partial charge in [-0.25, -0.2) is 14.8 Å². The molecular weight excluding hydrogens is 206 g/mol. The van der Waals surface area contributed by atoms with E-state index in [4.69, 9.17) is 5.11 Å². The van der Waals surface area contributed by atoms with Crippen LogP contribution in [-0.4, -0.2) is 27.1 Å². The lowest BCUT2D eigenvalue weighted by molar-refractivity contribution is 0.0690. The third-order valence-electron chi connectivity index (χ3n) is 2.83. The van der Waals surface area contributed by atoms with Gasteiger partial charge in [-0.15, -0.1) is 0 Å². The maximum Gasteiger partial charge on any atom is 0.356 e. The van der Waals surface area contributed by atoms with Crippen molar-refractivity contribution in [1.82, 2.24) is 9.97 Å². The highest BCUT2D eigenvalue weighted by atomic mass is 16.4. The van der Waals surface area contributed by atoms with Crippen molar-refractivity contribution in [3.8, 4) is 0 Å². The van der Waals surface area contributed by atoms with Gasteiger partial charge in [0.25, 0.3) is 0 Å². The molecule has 5 heteroatoms.